The predicted molar refractivity (Wildman–Crippen MR) is 102 cm³/mol. The Hall–Kier alpha value is -1.75. The number of piperazine rings is 1. The number of ether oxygens (including phenoxy) is 2. The average Bonchev–Trinajstić information content (AvgIpc) is 2.65. The van der Waals surface area contributed by atoms with E-state index in [-0.39, 0.29) is 6.04 Å². The highest BCUT2D eigenvalue weighted by Gasteiger charge is 2.26. The lowest BCUT2D eigenvalue weighted by Gasteiger charge is -2.36. The Morgan fingerprint density at radius 2 is 1.84 bits per heavy atom. The van der Waals surface area contributed by atoms with Crippen molar-refractivity contribution in [2.75, 3.05) is 39.9 Å². The van der Waals surface area contributed by atoms with Gasteiger partial charge in [0.15, 0.2) is 0 Å². The maximum Gasteiger partial charge on any atom is 0.124 e. The van der Waals surface area contributed by atoms with Crippen LogP contribution in [0.4, 0.5) is 0 Å². The molecule has 0 aromatic heterocycles. The Morgan fingerprint density at radius 1 is 1.12 bits per heavy atom. The summed E-state index contributed by atoms with van der Waals surface area (Å²) in [7, 11) is 1.71. The second-order valence-electron chi connectivity index (χ2n) is 6.08. The van der Waals surface area contributed by atoms with Crippen molar-refractivity contribution in [1.29, 1.82) is 0 Å². The fourth-order valence-electron chi connectivity index (χ4n) is 3.36. The van der Waals surface area contributed by atoms with E-state index in [1.165, 1.54) is 5.56 Å². The summed E-state index contributed by atoms with van der Waals surface area (Å²) in [5.41, 5.74) is 2.31. The van der Waals surface area contributed by atoms with Crippen LogP contribution in [0.25, 0.3) is 0 Å². The van der Waals surface area contributed by atoms with E-state index in [1.54, 1.807) is 7.11 Å². The number of hydrogen-bond donors (Lipinski definition) is 1. The van der Waals surface area contributed by atoms with Gasteiger partial charge in [-0.15, -0.1) is 0 Å². The number of rotatable bonds is 6. The topological polar surface area (TPSA) is 33.7 Å². The predicted octanol–water partition coefficient (Wildman–Crippen LogP) is 3.74. The molecule has 1 fully saturated rings. The maximum absolute atomic E-state index is 6.30. The van der Waals surface area contributed by atoms with Crippen molar-refractivity contribution in [3.63, 3.8) is 0 Å². The second kappa shape index (κ2) is 8.56. The normalized spacial score (nSPS) is 16.4. The molecule has 1 aliphatic heterocycles. The molecule has 0 amide bonds. The third-order valence-electron chi connectivity index (χ3n) is 4.51. The van der Waals surface area contributed by atoms with Crippen LogP contribution >= 0.6 is 11.6 Å². The highest BCUT2D eigenvalue weighted by atomic mass is 35.5. The number of nitrogens with one attached hydrogen (secondary N) is 1. The molecule has 1 aliphatic rings. The van der Waals surface area contributed by atoms with E-state index in [2.05, 4.69) is 22.3 Å². The molecule has 3 rings (SSSR count). The summed E-state index contributed by atoms with van der Waals surface area (Å²) in [5.74, 6) is 1.75. The Morgan fingerprint density at radius 3 is 2.48 bits per heavy atom. The lowest BCUT2D eigenvalue weighted by atomic mass is 9.95. The molecule has 0 aliphatic carbocycles. The van der Waals surface area contributed by atoms with Crippen molar-refractivity contribution in [2.45, 2.75) is 13.0 Å². The summed E-state index contributed by atoms with van der Waals surface area (Å²) >= 11 is 6.30. The standard InChI is InChI=1S/C20H25ClN2O2/c1-3-25-17-7-4-15(5-8-17)20(23-12-10-22-11-13-23)18-14-16(21)6-9-19(18)24-2/h4-9,14,20,22H,3,10-13H2,1-2H3. The fraction of sp³-hybridized carbons (Fsp3) is 0.400. The summed E-state index contributed by atoms with van der Waals surface area (Å²) in [6, 6.07) is 14.3. The molecule has 2 aromatic rings. The molecular formula is C20H25ClN2O2. The summed E-state index contributed by atoms with van der Waals surface area (Å²) in [4.78, 5) is 2.47. The number of benzene rings is 2. The fourth-order valence-corrected chi connectivity index (χ4v) is 3.54. The minimum absolute atomic E-state index is 0.103. The van der Waals surface area contributed by atoms with E-state index in [0.29, 0.717) is 6.61 Å². The minimum atomic E-state index is 0.103. The van der Waals surface area contributed by atoms with Crippen LogP contribution in [0.2, 0.25) is 5.02 Å². The van der Waals surface area contributed by atoms with Crippen LogP contribution in [0.1, 0.15) is 24.1 Å². The largest absolute Gasteiger partial charge is 0.496 e. The molecule has 1 N–H and O–H groups in total. The Kier molecular flexibility index (Phi) is 6.19. The zero-order valence-electron chi connectivity index (χ0n) is 14.8. The van der Waals surface area contributed by atoms with Gasteiger partial charge in [-0.1, -0.05) is 23.7 Å². The van der Waals surface area contributed by atoms with E-state index < -0.39 is 0 Å². The summed E-state index contributed by atoms with van der Waals surface area (Å²) < 4.78 is 11.2. The van der Waals surface area contributed by atoms with Gasteiger partial charge in [0.1, 0.15) is 11.5 Å². The maximum atomic E-state index is 6.30. The van der Waals surface area contributed by atoms with Gasteiger partial charge in [0.25, 0.3) is 0 Å². The van der Waals surface area contributed by atoms with Crippen molar-refractivity contribution in [3.05, 3.63) is 58.6 Å². The Balaban J connectivity index is 2.02. The summed E-state index contributed by atoms with van der Waals surface area (Å²) in [6.45, 7) is 6.59. The van der Waals surface area contributed by atoms with Gasteiger partial charge in [-0.25, -0.2) is 0 Å². The van der Waals surface area contributed by atoms with Crippen LogP contribution in [0.5, 0.6) is 11.5 Å². The number of nitrogens with zero attached hydrogens (tertiary/aromatic N) is 1. The van der Waals surface area contributed by atoms with Crippen molar-refractivity contribution < 1.29 is 9.47 Å². The first-order valence-electron chi connectivity index (χ1n) is 8.74. The van der Waals surface area contributed by atoms with Crippen LogP contribution in [-0.4, -0.2) is 44.8 Å². The quantitative estimate of drug-likeness (QED) is 0.850. The van der Waals surface area contributed by atoms with Gasteiger partial charge in [-0.2, -0.15) is 0 Å². The van der Waals surface area contributed by atoms with E-state index in [9.17, 15) is 0 Å². The first-order chi connectivity index (χ1) is 12.2. The SMILES string of the molecule is CCOc1ccc(C(c2cc(Cl)ccc2OC)N2CCNCC2)cc1. The van der Waals surface area contributed by atoms with Crippen molar-refractivity contribution in [3.8, 4) is 11.5 Å². The van der Waals surface area contributed by atoms with Gasteiger partial charge in [0.2, 0.25) is 0 Å². The third-order valence-corrected chi connectivity index (χ3v) is 4.75. The summed E-state index contributed by atoms with van der Waals surface area (Å²) in [5, 5.41) is 4.14. The van der Waals surface area contributed by atoms with Gasteiger partial charge in [0, 0.05) is 36.8 Å². The molecule has 134 valence electrons. The molecule has 1 heterocycles. The second-order valence-corrected chi connectivity index (χ2v) is 6.51. The highest BCUT2D eigenvalue weighted by Crippen LogP contribution is 2.37. The van der Waals surface area contributed by atoms with E-state index in [4.69, 9.17) is 21.1 Å². The van der Waals surface area contributed by atoms with E-state index in [1.807, 2.05) is 37.3 Å². The van der Waals surface area contributed by atoms with Crippen LogP contribution in [0.15, 0.2) is 42.5 Å². The molecule has 0 spiro atoms. The molecule has 1 unspecified atom stereocenters. The molecule has 1 atom stereocenters. The van der Waals surface area contributed by atoms with Gasteiger partial charge in [-0.05, 0) is 42.8 Å². The van der Waals surface area contributed by atoms with Crippen molar-refractivity contribution in [2.24, 2.45) is 0 Å². The minimum Gasteiger partial charge on any atom is -0.496 e. The summed E-state index contributed by atoms with van der Waals surface area (Å²) in [6.07, 6.45) is 0. The molecular weight excluding hydrogens is 336 g/mol. The first kappa shape index (κ1) is 18.1. The molecule has 2 aromatic carbocycles. The van der Waals surface area contributed by atoms with Crippen molar-refractivity contribution in [1.82, 2.24) is 10.2 Å². The average molecular weight is 361 g/mol. The van der Waals surface area contributed by atoms with E-state index in [0.717, 1.165) is 48.3 Å². The molecule has 0 radical (unpaired) electrons. The Labute approximate surface area is 154 Å². The molecule has 4 nitrogen and oxygen atoms in total. The monoisotopic (exact) mass is 360 g/mol. The van der Waals surface area contributed by atoms with Gasteiger partial charge >= 0.3 is 0 Å². The molecule has 5 heteroatoms. The van der Waals surface area contributed by atoms with Crippen LogP contribution in [0.3, 0.4) is 0 Å². The van der Waals surface area contributed by atoms with Gasteiger partial charge in [0.05, 0.1) is 19.8 Å². The van der Waals surface area contributed by atoms with Crippen LogP contribution < -0.4 is 14.8 Å². The lowest BCUT2D eigenvalue weighted by molar-refractivity contribution is 0.195. The van der Waals surface area contributed by atoms with Gasteiger partial charge < -0.3 is 14.8 Å². The molecule has 0 saturated carbocycles. The zero-order chi connectivity index (χ0) is 17.6. The third kappa shape index (κ3) is 4.27. The smallest absolute Gasteiger partial charge is 0.124 e. The number of hydrogen-bond acceptors (Lipinski definition) is 4. The van der Waals surface area contributed by atoms with Crippen LogP contribution in [0, 0.1) is 0 Å². The van der Waals surface area contributed by atoms with Crippen molar-refractivity contribution >= 4 is 11.6 Å². The van der Waals surface area contributed by atoms with E-state index >= 15 is 0 Å². The molecule has 1 saturated heterocycles. The first-order valence-corrected chi connectivity index (χ1v) is 9.11. The number of halogens is 1. The number of methoxy groups -OCH3 is 1. The van der Waals surface area contributed by atoms with Gasteiger partial charge in [-0.3, -0.25) is 4.90 Å². The zero-order valence-corrected chi connectivity index (χ0v) is 15.6. The lowest BCUT2D eigenvalue weighted by Crippen LogP contribution is -2.45. The van der Waals surface area contributed by atoms with Crippen LogP contribution in [-0.2, 0) is 0 Å². The molecule has 0 bridgehead atoms. The Bertz CT molecular complexity index is 685. The molecule has 25 heavy (non-hydrogen) atoms. The highest BCUT2D eigenvalue weighted by molar-refractivity contribution is 6.30.